The van der Waals surface area contributed by atoms with Gasteiger partial charge >= 0.3 is 0 Å². The van der Waals surface area contributed by atoms with Crippen LogP contribution in [0.25, 0.3) is 112 Å². The maximum absolute atomic E-state index is 6.51. The molecule has 0 unspecified atom stereocenters. The number of fused-ring (bicyclic) bond motifs is 6. The molecule has 0 spiro atoms. The minimum Gasteiger partial charge on any atom is -0.456 e. The van der Waals surface area contributed by atoms with Crippen molar-refractivity contribution >= 4 is 21.9 Å². The Morgan fingerprint density at radius 1 is 0.312 bits per heavy atom. The van der Waals surface area contributed by atoms with Gasteiger partial charge in [-0.05, 0) is 103 Å². The summed E-state index contributed by atoms with van der Waals surface area (Å²) in [7, 11) is 0. The fourth-order valence-electron chi connectivity index (χ4n) is 9.64. The smallest absolute Gasteiger partial charge is 0.164 e. The molecule has 1 aliphatic rings. The molecule has 0 bridgehead atoms. The van der Waals surface area contributed by atoms with Gasteiger partial charge in [-0.25, -0.2) is 15.0 Å². The standard InChI is InChI=1S/C60H41N3O/c1-60(2)52-24-10-9-22-49(52)51-36-44(31-33-53(51)60)42-18-11-20-46(34-42)58-61-57(41-28-26-39(27-29-41)38-14-5-3-6-15-38)62-59(63-58)47-21-12-19-43(35-47)45-30-32-50-55(37-45)64-54-25-13-23-48(56(50)54)40-16-7-4-8-17-40/h3-37H,1-2H3. The maximum Gasteiger partial charge on any atom is 0.164 e. The van der Waals surface area contributed by atoms with Crippen molar-refractivity contribution in [2.75, 3.05) is 0 Å². The zero-order chi connectivity index (χ0) is 42.8. The van der Waals surface area contributed by atoms with E-state index >= 15 is 0 Å². The third kappa shape index (κ3) is 6.42. The Hall–Kier alpha value is -8.21. The first-order chi connectivity index (χ1) is 31.4. The lowest BCUT2D eigenvalue weighted by Crippen LogP contribution is -2.14. The first kappa shape index (κ1) is 37.5. The van der Waals surface area contributed by atoms with Crippen LogP contribution in [-0.2, 0) is 5.41 Å². The van der Waals surface area contributed by atoms with E-state index in [9.17, 15) is 0 Å². The molecule has 0 atom stereocenters. The fourth-order valence-corrected chi connectivity index (χ4v) is 9.64. The third-order valence-electron chi connectivity index (χ3n) is 13.0. The molecule has 0 aliphatic heterocycles. The molecule has 0 saturated carbocycles. The zero-order valence-electron chi connectivity index (χ0n) is 35.5. The van der Waals surface area contributed by atoms with Crippen LogP contribution in [-0.4, -0.2) is 15.0 Å². The number of hydrogen-bond acceptors (Lipinski definition) is 4. The zero-order valence-corrected chi connectivity index (χ0v) is 35.5. The molecule has 1 aliphatic carbocycles. The highest BCUT2D eigenvalue weighted by molar-refractivity contribution is 6.13. The van der Waals surface area contributed by atoms with Gasteiger partial charge in [-0.3, -0.25) is 0 Å². The quantitative estimate of drug-likeness (QED) is 0.161. The Morgan fingerprint density at radius 2 is 0.781 bits per heavy atom. The van der Waals surface area contributed by atoms with Crippen molar-refractivity contribution in [3.63, 3.8) is 0 Å². The maximum atomic E-state index is 6.51. The molecular weight excluding hydrogens is 779 g/mol. The van der Waals surface area contributed by atoms with E-state index < -0.39 is 0 Å². The second-order valence-corrected chi connectivity index (χ2v) is 17.2. The summed E-state index contributed by atoms with van der Waals surface area (Å²) in [5, 5.41) is 2.22. The summed E-state index contributed by atoms with van der Waals surface area (Å²) in [6, 6.07) is 74.9. The van der Waals surface area contributed by atoms with E-state index in [1.807, 2.05) is 18.2 Å². The second-order valence-electron chi connectivity index (χ2n) is 17.2. The van der Waals surface area contributed by atoms with E-state index in [0.29, 0.717) is 17.5 Å². The van der Waals surface area contributed by atoms with Gasteiger partial charge in [0.1, 0.15) is 11.2 Å². The predicted octanol–water partition coefficient (Wildman–Crippen LogP) is 15.7. The van der Waals surface area contributed by atoms with Crippen LogP contribution in [0.1, 0.15) is 25.0 Å². The van der Waals surface area contributed by atoms with E-state index in [2.05, 4.69) is 208 Å². The summed E-state index contributed by atoms with van der Waals surface area (Å²) in [6.45, 7) is 4.64. The van der Waals surface area contributed by atoms with Gasteiger partial charge in [0.2, 0.25) is 0 Å². The van der Waals surface area contributed by atoms with Crippen molar-refractivity contribution in [3.8, 4) is 89.8 Å². The van der Waals surface area contributed by atoms with Crippen LogP contribution < -0.4 is 0 Å². The second kappa shape index (κ2) is 15.0. The van der Waals surface area contributed by atoms with E-state index in [1.54, 1.807) is 0 Å². The predicted molar refractivity (Wildman–Crippen MR) is 263 cm³/mol. The lowest BCUT2D eigenvalue weighted by atomic mass is 9.82. The van der Waals surface area contributed by atoms with Gasteiger partial charge in [0.05, 0.1) is 0 Å². The summed E-state index contributed by atoms with van der Waals surface area (Å²) in [5.74, 6) is 1.84. The number of nitrogens with zero attached hydrogens (tertiary/aromatic N) is 3. The normalized spacial score (nSPS) is 12.7. The van der Waals surface area contributed by atoms with Gasteiger partial charge in [0.15, 0.2) is 17.5 Å². The van der Waals surface area contributed by atoms with Crippen LogP contribution in [0.4, 0.5) is 0 Å². The molecule has 64 heavy (non-hydrogen) atoms. The summed E-state index contributed by atoms with van der Waals surface area (Å²) in [5.41, 5.74) is 18.7. The molecule has 4 nitrogen and oxygen atoms in total. The Morgan fingerprint density at radius 3 is 1.48 bits per heavy atom. The number of benzene rings is 9. The molecule has 2 aromatic heterocycles. The molecule has 0 amide bonds. The summed E-state index contributed by atoms with van der Waals surface area (Å²) in [6.07, 6.45) is 0. The molecule has 4 heteroatoms. The summed E-state index contributed by atoms with van der Waals surface area (Å²) >= 11 is 0. The third-order valence-corrected chi connectivity index (χ3v) is 13.0. The van der Waals surface area contributed by atoms with Crippen molar-refractivity contribution in [2.24, 2.45) is 0 Å². The van der Waals surface area contributed by atoms with E-state index in [-0.39, 0.29) is 5.41 Å². The molecule has 9 aromatic carbocycles. The van der Waals surface area contributed by atoms with Crippen molar-refractivity contribution in [3.05, 3.63) is 223 Å². The molecule has 0 radical (unpaired) electrons. The molecule has 0 saturated heterocycles. The molecule has 302 valence electrons. The monoisotopic (exact) mass is 819 g/mol. The number of aromatic nitrogens is 3. The molecule has 12 rings (SSSR count). The van der Waals surface area contributed by atoms with E-state index in [0.717, 1.165) is 77.6 Å². The van der Waals surface area contributed by atoms with Gasteiger partial charge in [0.25, 0.3) is 0 Å². The van der Waals surface area contributed by atoms with Crippen molar-refractivity contribution in [1.82, 2.24) is 15.0 Å². The molecular formula is C60H41N3O. The van der Waals surface area contributed by atoms with Gasteiger partial charge in [0, 0.05) is 32.9 Å². The molecule has 2 heterocycles. The van der Waals surface area contributed by atoms with Crippen molar-refractivity contribution in [2.45, 2.75) is 19.3 Å². The highest BCUT2D eigenvalue weighted by atomic mass is 16.3. The lowest BCUT2D eigenvalue weighted by molar-refractivity contribution is 0.660. The average molecular weight is 820 g/mol. The van der Waals surface area contributed by atoms with Crippen LogP contribution >= 0.6 is 0 Å². The topological polar surface area (TPSA) is 51.8 Å². The lowest BCUT2D eigenvalue weighted by Gasteiger charge is -2.21. The Bertz CT molecular complexity index is 3570. The average Bonchev–Trinajstić information content (AvgIpc) is 3.85. The fraction of sp³-hybridized carbons (Fsp3) is 0.0500. The minimum absolute atomic E-state index is 0.0483. The van der Waals surface area contributed by atoms with Gasteiger partial charge in [-0.15, -0.1) is 0 Å². The highest BCUT2D eigenvalue weighted by Crippen LogP contribution is 2.49. The SMILES string of the molecule is CC1(C)c2ccccc2-c2cc(-c3cccc(-c4nc(-c5ccc(-c6ccccc6)cc5)nc(-c5cccc(-c6ccc7c(c6)oc6cccc(-c8ccccc8)c67)c5)n4)c3)ccc21. The Labute approximate surface area is 372 Å². The number of hydrogen-bond donors (Lipinski definition) is 0. The Kier molecular flexibility index (Phi) is 8.80. The van der Waals surface area contributed by atoms with Crippen LogP contribution in [0.5, 0.6) is 0 Å². The first-order valence-corrected chi connectivity index (χ1v) is 21.8. The van der Waals surface area contributed by atoms with E-state index in [4.69, 9.17) is 19.4 Å². The van der Waals surface area contributed by atoms with Gasteiger partial charge in [-0.1, -0.05) is 190 Å². The molecule has 0 fully saturated rings. The summed E-state index contributed by atoms with van der Waals surface area (Å²) in [4.78, 5) is 15.6. The minimum atomic E-state index is -0.0483. The molecule has 11 aromatic rings. The number of furan rings is 1. The number of rotatable bonds is 7. The summed E-state index contributed by atoms with van der Waals surface area (Å²) < 4.78 is 6.51. The van der Waals surface area contributed by atoms with Gasteiger partial charge < -0.3 is 4.42 Å². The van der Waals surface area contributed by atoms with Crippen LogP contribution in [0.2, 0.25) is 0 Å². The highest BCUT2D eigenvalue weighted by Gasteiger charge is 2.35. The van der Waals surface area contributed by atoms with Crippen LogP contribution in [0.3, 0.4) is 0 Å². The van der Waals surface area contributed by atoms with Crippen molar-refractivity contribution in [1.29, 1.82) is 0 Å². The van der Waals surface area contributed by atoms with Gasteiger partial charge in [-0.2, -0.15) is 0 Å². The van der Waals surface area contributed by atoms with Crippen LogP contribution in [0.15, 0.2) is 217 Å². The van der Waals surface area contributed by atoms with E-state index in [1.165, 1.54) is 27.8 Å². The largest absolute Gasteiger partial charge is 0.456 e. The van der Waals surface area contributed by atoms with Crippen LogP contribution in [0, 0.1) is 0 Å². The first-order valence-electron chi connectivity index (χ1n) is 21.8. The molecule has 0 N–H and O–H groups in total. The van der Waals surface area contributed by atoms with Crippen molar-refractivity contribution < 1.29 is 4.42 Å². The Balaban J connectivity index is 0.951.